The number of ether oxygens (including phenoxy) is 1. The van der Waals surface area contributed by atoms with E-state index in [1.807, 2.05) is 13.8 Å². The number of rotatable bonds is 7. The molecule has 1 atom stereocenters. The summed E-state index contributed by atoms with van der Waals surface area (Å²) in [4.78, 5) is 23.1. The van der Waals surface area contributed by atoms with E-state index in [2.05, 4.69) is 10.1 Å². The van der Waals surface area contributed by atoms with Crippen LogP contribution in [-0.4, -0.2) is 35.8 Å². The van der Waals surface area contributed by atoms with Crippen LogP contribution < -0.4 is 10.1 Å². The molecule has 0 radical (unpaired) electrons. The minimum atomic E-state index is -4.44. The maximum atomic E-state index is 12.0. The Hall–Kier alpha value is -2.25. The molecule has 0 saturated carbocycles. The number of alkyl halides is 3. The first kappa shape index (κ1) is 18.8. The van der Waals surface area contributed by atoms with Crippen molar-refractivity contribution in [2.24, 2.45) is 5.92 Å². The molecule has 0 unspecified atom stereocenters. The fourth-order valence-corrected chi connectivity index (χ4v) is 1.80. The Labute approximate surface area is 131 Å². The standard InChI is InChI=1S/C15H18F3NO4/c1-9(2)7-12(14(21)22)19-13(20)10-3-5-11(6-4-10)23-8-15(16,17)18/h3-6,9,12H,7-8H2,1-2H3,(H,19,20)(H,21,22)/t12-/m1/s1. The number of aliphatic carboxylic acids is 1. The molecular weight excluding hydrogens is 315 g/mol. The van der Waals surface area contributed by atoms with Gasteiger partial charge in [-0.1, -0.05) is 13.8 Å². The molecule has 0 aliphatic heterocycles. The largest absolute Gasteiger partial charge is 0.484 e. The van der Waals surface area contributed by atoms with E-state index in [1.165, 1.54) is 24.3 Å². The van der Waals surface area contributed by atoms with Crippen LogP contribution in [0.1, 0.15) is 30.6 Å². The molecule has 2 N–H and O–H groups in total. The quantitative estimate of drug-likeness (QED) is 0.804. The molecule has 128 valence electrons. The maximum Gasteiger partial charge on any atom is 0.422 e. The molecule has 8 heteroatoms. The molecule has 0 bridgehead atoms. The third-order valence-corrected chi connectivity index (χ3v) is 2.83. The van der Waals surface area contributed by atoms with Gasteiger partial charge in [-0.05, 0) is 36.6 Å². The van der Waals surface area contributed by atoms with Crippen LogP contribution in [0.4, 0.5) is 13.2 Å². The first-order chi connectivity index (χ1) is 10.6. The highest BCUT2D eigenvalue weighted by molar-refractivity contribution is 5.96. The lowest BCUT2D eigenvalue weighted by Crippen LogP contribution is -2.41. The summed E-state index contributed by atoms with van der Waals surface area (Å²) in [6.07, 6.45) is -4.17. The van der Waals surface area contributed by atoms with Crippen LogP contribution in [0.2, 0.25) is 0 Å². The van der Waals surface area contributed by atoms with Gasteiger partial charge in [-0.15, -0.1) is 0 Å². The average Bonchev–Trinajstić information content (AvgIpc) is 2.43. The van der Waals surface area contributed by atoms with Gasteiger partial charge in [0.2, 0.25) is 0 Å². The Morgan fingerprint density at radius 1 is 1.22 bits per heavy atom. The van der Waals surface area contributed by atoms with Gasteiger partial charge in [0.1, 0.15) is 11.8 Å². The van der Waals surface area contributed by atoms with Gasteiger partial charge in [-0.2, -0.15) is 13.2 Å². The molecule has 5 nitrogen and oxygen atoms in total. The molecular formula is C15H18F3NO4. The lowest BCUT2D eigenvalue weighted by Gasteiger charge is -2.16. The molecule has 0 saturated heterocycles. The monoisotopic (exact) mass is 333 g/mol. The van der Waals surface area contributed by atoms with Gasteiger partial charge in [0.05, 0.1) is 0 Å². The van der Waals surface area contributed by atoms with E-state index in [0.717, 1.165) is 0 Å². The van der Waals surface area contributed by atoms with Crippen molar-refractivity contribution >= 4 is 11.9 Å². The van der Waals surface area contributed by atoms with Crippen molar-refractivity contribution < 1.29 is 32.6 Å². The van der Waals surface area contributed by atoms with Crippen LogP contribution in [0.3, 0.4) is 0 Å². The molecule has 0 spiro atoms. The molecule has 0 fully saturated rings. The van der Waals surface area contributed by atoms with Gasteiger partial charge in [-0.25, -0.2) is 4.79 Å². The number of carboxylic acid groups (broad SMARTS) is 1. The number of carbonyl (C=O) groups excluding carboxylic acids is 1. The lowest BCUT2D eigenvalue weighted by molar-refractivity contribution is -0.153. The average molecular weight is 333 g/mol. The zero-order chi connectivity index (χ0) is 17.6. The number of halogens is 3. The fraction of sp³-hybridized carbons (Fsp3) is 0.467. The Bertz CT molecular complexity index is 541. The first-order valence-electron chi connectivity index (χ1n) is 6.92. The highest BCUT2D eigenvalue weighted by Crippen LogP contribution is 2.19. The topological polar surface area (TPSA) is 75.6 Å². The number of carbonyl (C=O) groups is 2. The van der Waals surface area contributed by atoms with Crippen LogP contribution in [0.5, 0.6) is 5.75 Å². The molecule has 1 aromatic carbocycles. The van der Waals surface area contributed by atoms with Crippen molar-refractivity contribution in [3.05, 3.63) is 29.8 Å². The van der Waals surface area contributed by atoms with Crippen molar-refractivity contribution in [2.75, 3.05) is 6.61 Å². The third-order valence-electron chi connectivity index (χ3n) is 2.83. The summed E-state index contributed by atoms with van der Waals surface area (Å²) in [7, 11) is 0. The molecule has 1 amide bonds. The SMILES string of the molecule is CC(C)C[C@@H](NC(=O)c1ccc(OCC(F)(F)F)cc1)C(=O)O. The van der Waals surface area contributed by atoms with E-state index >= 15 is 0 Å². The minimum absolute atomic E-state index is 0.0316. The van der Waals surface area contributed by atoms with Crippen molar-refractivity contribution in [3.63, 3.8) is 0 Å². The normalized spacial score (nSPS) is 12.8. The van der Waals surface area contributed by atoms with Gasteiger partial charge >= 0.3 is 12.1 Å². The number of nitrogens with one attached hydrogen (secondary N) is 1. The van der Waals surface area contributed by atoms with Gasteiger partial charge in [0, 0.05) is 5.56 Å². The van der Waals surface area contributed by atoms with Crippen LogP contribution in [-0.2, 0) is 4.79 Å². The van der Waals surface area contributed by atoms with Gasteiger partial charge in [0.15, 0.2) is 6.61 Å². The lowest BCUT2D eigenvalue weighted by atomic mass is 10.0. The van der Waals surface area contributed by atoms with Crippen molar-refractivity contribution in [2.45, 2.75) is 32.5 Å². The van der Waals surface area contributed by atoms with Crippen molar-refractivity contribution in [1.82, 2.24) is 5.32 Å². The molecule has 1 aromatic rings. The Morgan fingerprint density at radius 3 is 2.22 bits per heavy atom. The summed E-state index contributed by atoms with van der Waals surface area (Å²) in [5.41, 5.74) is 0.138. The highest BCUT2D eigenvalue weighted by Gasteiger charge is 2.28. The number of benzene rings is 1. The smallest absolute Gasteiger partial charge is 0.422 e. The van der Waals surface area contributed by atoms with Crippen LogP contribution in [0.15, 0.2) is 24.3 Å². The summed E-state index contributed by atoms with van der Waals surface area (Å²) < 4.78 is 40.6. The Morgan fingerprint density at radius 2 is 1.78 bits per heavy atom. The zero-order valence-electron chi connectivity index (χ0n) is 12.7. The van der Waals surface area contributed by atoms with Crippen LogP contribution in [0.25, 0.3) is 0 Å². The van der Waals surface area contributed by atoms with E-state index in [9.17, 15) is 22.8 Å². The van der Waals surface area contributed by atoms with E-state index in [1.54, 1.807) is 0 Å². The predicted octanol–water partition coefficient (Wildman–Crippen LogP) is 2.86. The second-order valence-electron chi connectivity index (χ2n) is 5.42. The second-order valence-corrected chi connectivity index (χ2v) is 5.42. The Balaban J connectivity index is 2.67. The molecule has 0 aromatic heterocycles. The fourth-order valence-electron chi connectivity index (χ4n) is 1.80. The van der Waals surface area contributed by atoms with E-state index in [4.69, 9.17) is 5.11 Å². The second kappa shape index (κ2) is 7.85. The summed E-state index contributed by atoms with van der Waals surface area (Å²) in [6.45, 7) is 2.23. The summed E-state index contributed by atoms with van der Waals surface area (Å²) in [5.74, 6) is -1.71. The van der Waals surface area contributed by atoms with Crippen LogP contribution >= 0.6 is 0 Å². The van der Waals surface area contributed by atoms with Gasteiger partial charge in [0.25, 0.3) is 5.91 Å². The van der Waals surface area contributed by atoms with E-state index in [0.29, 0.717) is 0 Å². The Kier molecular flexibility index (Phi) is 6.41. The van der Waals surface area contributed by atoms with Gasteiger partial charge < -0.3 is 15.2 Å². The van der Waals surface area contributed by atoms with E-state index < -0.39 is 30.7 Å². The van der Waals surface area contributed by atoms with Crippen molar-refractivity contribution in [3.8, 4) is 5.75 Å². The third kappa shape index (κ3) is 7.03. The molecule has 0 aliphatic rings. The number of carboxylic acids is 1. The molecule has 1 rings (SSSR count). The van der Waals surface area contributed by atoms with Crippen molar-refractivity contribution in [1.29, 1.82) is 0 Å². The predicted molar refractivity (Wildman–Crippen MR) is 76.3 cm³/mol. The number of hydrogen-bond acceptors (Lipinski definition) is 3. The van der Waals surface area contributed by atoms with Gasteiger partial charge in [-0.3, -0.25) is 4.79 Å². The number of hydrogen-bond donors (Lipinski definition) is 2. The molecule has 0 aliphatic carbocycles. The summed E-state index contributed by atoms with van der Waals surface area (Å²) in [5, 5.41) is 11.4. The first-order valence-corrected chi connectivity index (χ1v) is 6.92. The number of amides is 1. The van der Waals surface area contributed by atoms with E-state index in [-0.39, 0.29) is 23.7 Å². The minimum Gasteiger partial charge on any atom is -0.484 e. The maximum absolute atomic E-state index is 12.0. The molecule has 0 heterocycles. The highest BCUT2D eigenvalue weighted by atomic mass is 19.4. The van der Waals surface area contributed by atoms with Crippen LogP contribution in [0, 0.1) is 5.92 Å². The zero-order valence-corrected chi connectivity index (χ0v) is 12.7. The summed E-state index contributed by atoms with van der Waals surface area (Å²) >= 11 is 0. The molecule has 23 heavy (non-hydrogen) atoms. The summed E-state index contributed by atoms with van der Waals surface area (Å²) in [6, 6.07) is 3.96.